The first-order valence-electron chi connectivity index (χ1n) is 8.21. The first-order valence-corrected chi connectivity index (χ1v) is 8.21. The minimum absolute atomic E-state index is 0.145. The van der Waals surface area contributed by atoms with Crippen LogP contribution in [0.25, 0.3) is 6.08 Å². The Kier molecular flexibility index (Phi) is 4.53. The van der Waals surface area contributed by atoms with Crippen molar-refractivity contribution in [2.75, 3.05) is 0 Å². The van der Waals surface area contributed by atoms with E-state index in [9.17, 15) is 9.18 Å². The third-order valence-electron chi connectivity index (χ3n) is 3.83. The number of halogens is 1. The van der Waals surface area contributed by atoms with Gasteiger partial charge in [-0.2, -0.15) is 0 Å². The monoisotopic (exact) mass is 363 g/mol. The summed E-state index contributed by atoms with van der Waals surface area (Å²) in [5.41, 5.74) is 1.70. The fourth-order valence-electron chi connectivity index (χ4n) is 2.53. The Bertz CT molecular complexity index is 1020. The van der Waals surface area contributed by atoms with Gasteiger partial charge in [0.1, 0.15) is 18.2 Å². The lowest BCUT2D eigenvalue weighted by molar-refractivity contribution is -0.130. The molecule has 0 N–H and O–H groups in total. The number of hydrogen-bond acceptors (Lipinski definition) is 5. The summed E-state index contributed by atoms with van der Waals surface area (Å²) in [7, 11) is 0. The zero-order valence-electron chi connectivity index (χ0n) is 14.1. The summed E-state index contributed by atoms with van der Waals surface area (Å²) in [4.78, 5) is 16.1. The van der Waals surface area contributed by atoms with E-state index in [1.807, 2.05) is 0 Å². The van der Waals surface area contributed by atoms with E-state index < -0.39 is 5.97 Å². The van der Waals surface area contributed by atoms with Crippen LogP contribution in [0.2, 0.25) is 0 Å². The van der Waals surface area contributed by atoms with E-state index in [1.54, 1.807) is 54.6 Å². The van der Waals surface area contributed by atoms with Crippen LogP contribution in [0.4, 0.5) is 4.39 Å². The Balaban J connectivity index is 1.44. The van der Waals surface area contributed by atoms with Crippen LogP contribution in [0.15, 0.2) is 82.0 Å². The van der Waals surface area contributed by atoms with Crippen molar-refractivity contribution in [3.63, 3.8) is 0 Å². The molecule has 5 nitrogen and oxygen atoms in total. The van der Waals surface area contributed by atoms with Gasteiger partial charge < -0.3 is 13.9 Å². The molecule has 0 amide bonds. The number of ether oxygens (including phenoxy) is 2. The molecule has 0 unspecified atom stereocenters. The van der Waals surface area contributed by atoms with Crippen LogP contribution in [0.3, 0.4) is 0 Å². The van der Waals surface area contributed by atoms with Crippen molar-refractivity contribution in [1.82, 2.24) is 0 Å². The highest BCUT2D eigenvalue weighted by atomic mass is 19.1. The van der Waals surface area contributed by atoms with Crippen LogP contribution in [0.5, 0.6) is 5.75 Å². The SMILES string of the molecule is O=C1OC(c2ccco2)=N/C1=C\c1ccc(OCc2cccc(F)c2)cc1. The summed E-state index contributed by atoms with van der Waals surface area (Å²) < 4.78 is 29.1. The Labute approximate surface area is 154 Å². The van der Waals surface area contributed by atoms with E-state index >= 15 is 0 Å². The standard InChI is InChI=1S/C21H14FNO4/c22-16-4-1-3-15(11-16)13-26-17-8-6-14(7-9-17)12-18-21(24)27-20(23-18)19-5-2-10-25-19/h1-12H,13H2/b18-12-. The topological polar surface area (TPSA) is 61.0 Å². The molecule has 2 heterocycles. The number of esters is 1. The van der Waals surface area contributed by atoms with Crippen LogP contribution < -0.4 is 4.74 Å². The van der Waals surface area contributed by atoms with Crippen LogP contribution in [0, 0.1) is 5.82 Å². The van der Waals surface area contributed by atoms with Crippen molar-refractivity contribution in [3.8, 4) is 5.75 Å². The zero-order valence-corrected chi connectivity index (χ0v) is 14.1. The van der Waals surface area contributed by atoms with Gasteiger partial charge in [0.2, 0.25) is 0 Å². The van der Waals surface area contributed by atoms with Crippen molar-refractivity contribution in [1.29, 1.82) is 0 Å². The van der Waals surface area contributed by atoms with Crippen LogP contribution >= 0.6 is 0 Å². The van der Waals surface area contributed by atoms with Gasteiger partial charge in [-0.15, -0.1) is 0 Å². The van der Waals surface area contributed by atoms with E-state index in [2.05, 4.69) is 4.99 Å². The second-order valence-corrected chi connectivity index (χ2v) is 5.80. The Hall–Kier alpha value is -3.67. The number of rotatable bonds is 5. The molecule has 6 heteroatoms. The molecule has 3 aromatic rings. The van der Waals surface area contributed by atoms with E-state index in [1.165, 1.54) is 18.4 Å². The highest BCUT2D eigenvalue weighted by molar-refractivity contribution is 6.11. The average molecular weight is 363 g/mol. The minimum Gasteiger partial charge on any atom is -0.489 e. The molecule has 0 radical (unpaired) electrons. The van der Waals surface area contributed by atoms with Crippen molar-refractivity contribution < 1.29 is 23.1 Å². The largest absolute Gasteiger partial charge is 0.489 e. The molecule has 0 fully saturated rings. The molecule has 0 saturated heterocycles. The number of benzene rings is 2. The smallest absolute Gasteiger partial charge is 0.363 e. The van der Waals surface area contributed by atoms with E-state index in [0.717, 1.165) is 11.1 Å². The number of furan rings is 1. The van der Waals surface area contributed by atoms with Gasteiger partial charge in [0.05, 0.1) is 6.26 Å². The Morgan fingerprint density at radius 2 is 1.93 bits per heavy atom. The van der Waals surface area contributed by atoms with E-state index in [4.69, 9.17) is 13.9 Å². The molecule has 27 heavy (non-hydrogen) atoms. The summed E-state index contributed by atoms with van der Waals surface area (Å²) in [5, 5.41) is 0. The zero-order chi connectivity index (χ0) is 18.6. The van der Waals surface area contributed by atoms with Gasteiger partial charge >= 0.3 is 5.97 Å². The second kappa shape index (κ2) is 7.29. The third kappa shape index (κ3) is 3.95. The van der Waals surface area contributed by atoms with Crippen molar-refractivity contribution in [2.45, 2.75) is 6.61 Å². The Morgan fingerprint density at radius 3 is 2.67 bits per heavy atom. The van der Waals surface area contributed by atoms with Gasteiger partial charge in [0, 0.05) is 0 Å². The molecule has 0 bridgehead atoms. The van der Waals surface area contributed by atoms with Crippen LogP contribution in [-0.2, 0) is 16.1 Å². The summed E-state index contributed by atoms with van der Waals surface area (Å²) >= 11 is 0. The van der Waals surface area contributed by atoms with Crippen LogP contribution in [0.1, 0.15) is 16.9 Å². The fourth-order valence-corrected chi connectivity index (χ4v) is 2.53. The maximum absolute atomic E-state index is 13.2. The Morgan fingerprint density at radius 1 is 1.07 bits per heavy atom. The molecular weight excluding hydrogens is 349 g/mol. The number of carbonyl (C=O) groups is 1. The molecule has 2 aromatic carbocycles. The van der Waals surface area contributed by atoms with Crippen molar-refractivity contribution >= 4 is 17.9 Å². The predicted molar refractivity (Wildman–Crippen MR) is 96.5 cm³/mol. The van der Waals surface area contributed by atoms with Crippen LogP contribution in [-0.4, -0.2) is 11.9 Å². The molecule has 0 saturated carbocycles. The van der Waals surface area contributed by atoms with Gasteiger partial charge in [-0.05, 0) is 53.6 Å². The maximum atomic E-state index is 13.2. The third-order valence-corrected chi connectivity index (χ3v) is 3.83. The van der Waals surface area contributed by atoms with Gasteiger partial charge in [0.15, 0.2) is 11.5 Å². The second-order valence-electron chi connectivity index (χ2n) is 5.80. The molecule has 4 rings (SSSR count). The highest BCUT2D eigenvalue weighted by Crippen LogP contribution is 2.21. The fraction of sp³-hybridized carbons (Fsp3) is 0.0476. The average Bonchev–Trinajstić information content (AvgIpc) is 3.32. The number of carbonyl (C=O) groups excluding carboxylic acids is 1. The summed E-state index contributed by atoms with van der Waals surface area (Å²) in [5.74, 6) is 0.346. The lowest BCUT2D eigenvalue weighted by Gasteiger charge is -2.06. The number of cyclic esters (lactones) is 1. The normalized spacial score (nSPS) is 14.9. The summed E-state index contributed by atoms with van der Waals surface area (Å²) in [6, 6.07) is 16.7. The highest BCUT2D eigenvalue weighted by Gasteiger charge is 2.25. The lowest BCUT2D eigenvalue weighted by Crippen LogP contribution is -2.04. The number of aliphatic imine (C=N–C) groups is 1. The van der Waals surface area contributed by atoms with E-state index in [-0.39, 0.29) is 24.0 Å². The number of nitrogens with zero attached hydrogens (tertiary/aromatic N) is 1. The quantitative estimate of drug-likeness (QED) is 0.500. The first-order chi connectivity index (χ1) is 13.2. The molecular formula is C21H14FNO4. The van der Waals surface area contributed by atoms with Gasteiger partial charge in [-0.1, -0.05) is 24.3 Å². The van der Waals surface area contributed by atoms with Crippen molar-refractivity contribution in [2.24, 2.45) is 4.99 Å². The predicted octanol–water partition coefficient (Wildman–Crippen LogP) is 4.34. The summed E-state index contributed by atoms with van der Waals surface area (Å²) in [6.07, 6.45) is 3.10. The number of hydrogen-bond donors (Lipinski definition) is 0. The minimum atomic E-state index is -0.534. The van der Waals surface area contributed by atoms with Gasteiger partial charge in [-0.3, -0.25) is 0 Å². The molecule has 1 aromatic heterocycles. The lowest BCUT2D eigenvalue weighted by atomic mass is 10.2. The molecule has 1 aliphatic heterocycles. The van der Waals surface area contributed by atoms with E-state index in [0.29, 0.717) is 11.5 Å². The summed E-state index contributed by atoms with van der Waals surface area (Å²) in [6.45, 7) is 0.265. The van der Waals surface area contributed by atoms with Gasteiger partial charge in [0.25, 0.3) is 5.90 Å². The molecule has 1 aliphatic rings. The molecule has 134 valence electrons. The van der Waals surface area contributed by atoms with Gasteiger partial charge in [-0.25, -0.2) is 14.2 Å². The molecule has 0 aliphatic carbocycles. The molecule has 0 spiro atoms. The maximum Gasteiger partial charge on any atom is 0.363 e. The first kappa shape index (κ1) is 16.8. The molecule has 0 atom stereocenters. The van der Waals surface area contributed by atoms with Crippen molar-refractivity contribution in [3.05, 3.63) is 95.3 Å².